The molecule has 6 N–H and O–H groups in total. The monoisotopic (exact) mass is 307 g/mol. The molecule has 1 saturated heterocycles. The van der Waals surface area contributed by atoms with E-state index in [4.69, 9.17) is 20.8 Å². The van der Waals surface area contributed by atoms with Crippen LogP contribution in [-0.4, -0.2) is 54.8 Å². The van der Waals surface area contributed by atoms with E-state index < -0.39 is 36.7 Å². The van der Waals surface area contributed by atoms with Crippen LogP contribution in [0.25, 0.3) is 11.0 Å². The van der Waals surface area contributed by atoms with Crippen molar-refractivity contribution in [2.45, 2.75) is 24.5 Å². The van der Waals surface area contributed by atoms with Crippen LogP contribution in [0.3, 0.4) is 0 Å². The van der Waals surface area contributed by atoms with E-state index in [0.29, 0.717) is 0 Å². The lowest BCUT2D eigenvalue weighted by molar-refractivity contribution is -0.0508. The Morgan fingerprint density at radius 1 is 1.50 bits per heavy atom. The number of aromatic amines is 1. The van der Waals surface area contributed by atoms with Crippen molar-refractivity contribution in [3.8, 4) is 6.07 Å². The molecule has 0 spiro atoms. The molecule has 2 aromatic heterocycles. The summed E-state index contributed by atoms with van der Waals surface area (Å²) in [6, 6.07) is 1.85. The number of hydrogen-bond acceptors (Lipinski definition) is 8. The molecule has 0 saturated carbocycles. The molecule has 0 aromatic carbocycles. The van der Waals surface area contributed by atoms with Crippen LogP contribution in [0.1, 0.15) is 11.8 Å². The summed E-state index contributed by atoms with van der Waals surface area (Å²) in [4.78, 5) is 18.2. The van der Waals surface area contributed by atoms with Crippen molar-refractivity contribution in [3.63, 3.8) is 0 Å². The number of nitrogens with two attached hydrogens (primary N) is 1. The maximum absolute atomic E-state index is 11.9. The molecule has 4 atom stereocenters. The van der Waals surface area contributed by atoms with Crippen molar-refractivity contribution in [1.82, 2.24) is 14.5 Å². The van der Waals surface area contributed by atoms with Crippen molar-refractivity contribution in [2.75, 3.05) is 12.3 Å². The van der Waals surface area contributed by atoms with Crippen LogP contribution < -0.4 is 11.3 Å². The molecule has 10 heteroatoms. The second kappa shape index (κ2) is 5.08. The Bertz CT molecular complexity index is 822. The number of rotatable bonds is 2. The van der Waals surface area contributed by atoms with Crippen molar-refractivity contribution >= 4 is 17.0 Å². The number of nitrogens with zero attached hydrogens (tertiary/aromatic N) is 3. The highest BCUT2D eigenvalue weighted by atomic mass is 16.6. The number of anilines is 1. The Hall–Kier alpha value is -2.45. The number of aromatic nitrogens is 3. The van der Waals surface area contributed by atoms with Crippen LogP contribution >= 0.6 is 0 Å². The summed E-state index contributed by atoms with van der Waals surface area (Å²) in [5.41, 5.74) is 4.99. The molecule has 1 aliphatic heterocycles. The fourth-order valence-electron chi connectivity index (χ4n) is 2.56. The van der Waals surface area contributed by atoms with Gasteiger partial charge in [-0.3, -0.25) is 9.78 Å². The second-order valence-electron chi connectivity index (χ2n) is 4.94. The molecular formula is C12H13N5O5. The first kappa shape index (κ1) is 14.5. The molecule has 2 aromatic rings. The zero-order valence-electron chi connectivity index (χ0n) is 11.2. The molecule has 0 radical (unpaired) electrons. The van der Waals surface area contributed by atoms with E-state index in [2.05, 4.69) is 9.97 Å². The number of nitriles is 1. The van der Waals surface area contributed by atoms with Gasteiger partial charge in [0.05, 0.1) is 12.2 Å². The first-order chi connectivity index (χ1) is 10.5. The van der Waals surface area contributed by atoms with Gasteiger partial charge in [0.1, 0.15) is 29.8 Å². The molecule has 1 aliphatic rings. The van der Waals surface area contributed by atoms with Gasteiger partial charge in [-0.25, -0.2) is 0 Å². The number of fused-ring (bicyclic) bond motifs is 1. The quantitative estimate of drug-likeness (QED) is 0.415. The summed E-state index contributed by atoms with van der Waals surface area (Å²) in [6.45, 7) is -0.491. The van der Waals surface area contributed by atoms with Crippen LogP contribution in [0.15, 0.2) is 11.0 Å². The maximum Gasteiger partial charge on any atom is 0.263 e. The standard InChI is InChI=1S/C12H13N5O5/c13-1-4-2-17(9-6(4)10(21)16-12(14)15-9)11-8(20)7(19)5(3-18)22-11/h2,5,7-8,11,18-20H,3H2,(H3,14,15,16,21)/t5-,7-,8+,11-/m1/s1. The minimum absolute atomic E-state index is 0.00874. The molecule has 116 valence electrons. The molecule has 0 unspecified atom stereocenters. The Morgan fingerprint density at radius 3 is 2.82 bits per heavy atom. The Morgan fingerprint density at radius 2 is 2.23 bits per heavy atom. The lowest BCUT2D eigenvalue weighted by Crippen LogP contribution is -2.33. The topological polar surface area (TPSA) is 170 Å². The van der Waals surface area contributed by atoms with Crippen LogP contribution in [0.4, 0.5) is 5.95 Å². The molecule has 0 amide bonds. The van der Waals surface area contributed by atoms with Gasteiger partial charge in [0.25, 0.3) is 5.56 Å². The second-order valence-corrected chi connectivity index (χ2v) is 4.94. The first-order valence-electron chi connectivity index (χ1n) is 6.40. The van der Waals surface area contributed by atoms with Crippen LogP contribution in [-0.2, 0) is 4.74 Å². The van der Waals surface area contributed by atoms with Gasteiger partial charge in [0.2, 0.25) is 5.95 Å². The molecular weight excluding hydrogens is 294 g/mol. The highest BCUT2D eigenvalue weighted by Gasteiger charge is 2.44. The van der Waals surface area contributed by atoms with Gasteiger partial charge in [-0.15, -0.1) is 0 Å². The van der Waals surface area contributed by atoms with Gasteiger partial charge in [0.15, 0.2) is 11.9 Å². The van der Waals surface area contributed by atoms with E-state index in [9.17, 15) is 15.0 Å². The van der Waals surface area contributed by atoms with Gasteiger partial charge < -0.3 is 30.4 Å². The van der Waals surface area contributed by atoms with Gasteiger partial charge in [-0.05, 0) is 0 Å². The summed E-state index contributed by atoms with van der Waals surface area (Å²) < 4.78 is 6.63. The number of aliphatic hydroxyl groups excluding tert-OH is 3. The third kappa shape index (κ3) is 1.96. The van der Waals surface area contributed by atoms with E-state index in [1.54, 1.807) is 0 Å². The minimum Gasteiger partial charge on any atom is -0.394 e. The van der Waals surface area contributed by atoms with E-state index in [1.807, 2.05) is 6.07 Å². The summed E-state index contributed by atoms with van der Waals surface area (Å²) in [7, 11) is 0. The number of nitrogens with one attached hydrogen (secondary N) is 1. The van der Waals surface area contributed by atoms with Crippen LogP contribution in [0, 0.1) is 11.3 Å². The normalized spacial score (nSPS) is 28.1. The molecule has 3 rings (SSSR count). The van der Waals surface area contributed by atoms with Gasteiger partial charge >= 0.3 is 0 Å². The van der Waals surface area contributed by atoms with Crippen molar-refractivity contribution in [1.29, 1.82) is 5.26 Å². The smallest absolute Gasteiger partial charge is 0.263 e. The molecule has 10 nitrogen and oxygen atoms in total. The summed E-state index contributed by atoms with van der Waals surface area (Å²) >= 11 is 0. The number of nitrogen functional groups attached to an aromatic ring is 1. The van der Waals surface area contributed by atoms with Crippen molar-refractivity contribution in [3.05, 3.63) is 22.1 Å². The fraction of sp³-hybridized carbons (Fsp3) is 0.417. The third-order valence-corrected chi connectivity index (χ3v) is 3.61. The molecule has 0 bridgehead atoms. The fourth-order valence-corrected chi connectivity index (χ4v) is 2.56. The Labute approximate surface area is 123 Å². The lowest BCUT2D eigenvalue weighted by Gasteiger charge is -2.17. The zero-order chi connectivity index (χ0) is 16.0. The molecule has 22 heavy (non-hydrogen) atoms. The Balaban J connectivity index is 2.20. The number of hydrogen-bond donors (Lipinski definition) is 5. The van der Waals surface area contributed by atoms with Crippen molar-refractivity contribution < 1.29 is 20.1 Å². The van der Waals surface area contributed by atoms with E-state index >= 15 is 0 Å². The number of ether oxygens (including phenoxy) is 1. The molecule has 0 aliphatic carbocycles. The average molecular weight is 307 g/mol. The third-order valence-electron chi connectivity index (χ3n) is 3.61. The highest BCUT2D eigenvalue weighted by molar-refractivity contribution is 5.83. The predicted molar refractivity (Wildman–Crippen MR) is 72.5 cm³/mol. The Kier molecular flexibility index (Phi) is 3.34. The van der Waals surface area contributed by atoms with E-state index in [0.717, 1.165) is 0 Å². The minimum atomic E-state index is -1.36. The largest absolute Gasteiger partial charge is 0.394 e. The lowest BCUT2D eigenvalue weighted by atomic mass is 10.1. The predicted octanol–water partition coefficient (Wildman–Crippen LogP) is -2.21. The SMILES string of the molecule is N#Cc1cn([C@@H]2O[C@H](CO)[C@@H](O)[C@@H]2O)c2nc(N)[nH]c(=O)c12. The first-order valence-corrected chi connectivity index (χ1v) is 6.40. The average Bonchev–Trinajstić information content (AvgIpc) is 2.98. The molecule has 1 fully saturated rings. The van der Waals surface area contributed by atoms with Crippen molar-refractivity contribution in [2.24, 2.45) is 0 Å². The number of H-pyrrole nitrogens is 1. The van der Waals surface area contributed by atoms with E-state index in [-0.39, 0.29) is 22.5 Å². The number of aliphatic hydroxyl groups is 3. The van der Waals surface area contributed by atoms with Gasteiger partial charge in [-0.2, -0.15) is 10.2 Å². The van der Waals surface area contributed by atoms with Gasteiger partial charge in [0, 0.05) is 6.20 Å². The summed E-state index contributed by atoms with van der Waals surface area (Å²) in [5, 5.41) is 38.1. The van der Waals surface area contributed by atoms with Gasteiger partial charge in [-0.1, -0.05) is 0 Å². The van der Waals surface area contributed by atoms with E-state index in [1.165, 1.54) is 10.8 Å². The van der Waals surface area contributed by atoms with Crippen LogP contribution in [0.2, 0.25) is 0 Å². The maximum atomic E-state index is 11.9. The highest BCUT2D eigenvalue weighted by Crippen LogP contribution is 2.32. The summed E-state index contributed by atoms with van der Waals surface area (Å²) in [5.74, 6) is -0.159. The zero-order valence-corrected chi connectivity index (χ0v) is 11.2. The van der Waals surface area contributed by atoms with Crippen LogP contribution in [0.5, 0.6) is 0 Å². The summed E-state index contributed by atoms with van der Waals surface area (Å²) in [6.07, 6.45) is -3.47. The molecule has 3 heterocycles.